The highest BCUT2D eigenvalue weighted by Crippen LogP contribution is 2.16. The summed E-state index contributed by atoms with van der Waals surface area (Å²) in [6.07, 6.45) is 41.0. The van der Waals surface area contributed by atoms with Gasteiger partial charge in [0.1, 0.15) is 12.2 Å². The van der Waals surface area contributed by atoms with E-state index in [4.69, 9.17) is 0 Å². The van der Waals surface area contributed by atoms with E-state index < -0.39 is 36.9 Å². The van der Waals surface area contributed by atoms with Crippen LogP contribution in [0.15, 0.2) is 12.2 Å². The Labute approximate surface area is 304 Å². The van der Waals surface area contributed by atoms with Gasteiger partial charge in [-0.25, -0.2) is 0 Å². The van der Waals surface area contributed by atoms with Gasteiger partial charge in [-0.15, -0.1) is 0 Å². The summed E-state index contributed by atoms with van der Waals surface area (Å²) in [6, 6.07) is -0.989. The fraction of sp³-hybridized carbons (Fsp3) is 0.930. The lowest BCUT2D eigenvalue weighted by molar-refractivity contribution is -0.132. The van der Waals surface area contributed by atoms with Crippen molar-refractivity contribution in [2.24, 2.45) is 0 Å². The monoisotopic (exact) mass is 696 g/mol. The van der Waals surface area contributed by atoms with Gasteiger partial charge in [-0.2, -0.15) is 0 Å². The van der Waals surface area contributed by atoms with Crippen molar-refractivity contribution in [3.8, 4) is 0 Å². The van der Waals surface area contributed by atoms with E-state index in [2.05, 4.69) is 31.3 Å². The molecule has 0 radical (unpaired) electrons. The van der Waals surface area contributed by atoms with E-state index in [9.17, 15) is 25.2 Å². The molecule has 0 spiro atoms. The Morgan fingerprint density at radius 3 is 1.20 bits per heavy atom. The Hall–Kier alpha value is -0.950. The first-order valence-corrected chi connectivity index (χ1v) is 21.6. The number of nitrogens with one attached hydrogen (secondary N) is 1. The number of rotatable bonds is 39. The summed E-state index contributed by atoms with van der Waals surface area (Å²) in [7, 11) is 0. The van der Waals surface area contributed by atoms with E-state index in [-0.39, 0.29) is 0 Å². The molecule has 0 aromatic heterocycles. The maximum Gasteiger partial charge on any atom is 0.249 e. The summed E-state index contributed by atoms with van der Waals surface area (Å²) in [5, 5.41) is 43.6. The third kappa shape index (κ3) is 32.7. The molecule has 4 atom stereocenters. The highest BCUT2D eigenvalue weighted by molar-refractivity contribution is 5.80. The molecule has 6 heteroatoms. The van der Waals surface area contributed by atoms with Crippen LogP contribution in [0.5, 0.6) is 0 Å². The smallest absolute Gasteiger partial charge is 0.249 e. The molecule has 0 saturated carbocycles. The summed E-state index contributed by atoms with van der Waals surface area (Å²) >= 11 is 0. The molecule has 1 amide bonds. The lowest BCUT2D eigenvalue weighted by Gasteiger charge is -2.27. The summed E-state index contributed by atoms with van der Waals surface area (Å²) in [6.45, 7) is 4.03. The van der Waals surface area contributed by atoms with Crippen molar-refractivity contribution < 1.29 is 25.2 Å². The topological polar surface area (TPSA) is 110 Å². The second kappa shape index (κ2) is 38.3. The summed E-state index contributed by atoms with van der Waals surface area (Å²) in [5.41, 5.74) is 0. The van der Waals surface area contributed by atoms with Crippen LogP contribution in [-0.2, 0) is 4.79 Å². The van der Waals surface area contributed by atoms with E-state index in [1.807, 2.05) is 0 Å². The molecule has 5 N–H and O–H groups in total. The Kier molecular flexibility index (Phi) is 37.5. The number of hydrogen-bond donors (Lipinski definition) is 5. The molecule has 0 saturated heterocycles. The largest absolute Gasteiger partial charge is 0.394 e. The van der Waals surface area contributed by atoms with Crippen LogP contribution in [0.25, 0.3) is 0 Å². The molecule has 49 heavy (non-hydrogen) atoms. The van der Waals surface area contributed by atoms with Crippen molar-refractivity contribution in [2.45, 2.75) is 250 Å². The van der Waals surface area contributed by atoms with Gasteiger partial charge in [-0.1, -0.05) is 199 Å². The number of hydrogen-bond acceptors (Lipinski definition) is 5. The molecule has 0 aromatic rings. The van der Waals surface area contributed by atoms with E-state index in [1.165, 1.54) is 148 Å². The highest BCUT2D eigenvalue weighted by atomic mass is 16.3. The third-order valence-corrected chi connectivity index (χ3v) is 10.2. The number of unbranched alkanes of at least 4 members (excludes halogenated alkanes) is 28. The Morgan fingerprint density at radius 1 is 0.490 bits per heavy atom. The third-order valence-electron chi connectivity index (χ3n) is 10.2. The zero-order chi connectivity index (χ0) is 36.0. The van der Waals surface area contributed by atoms with Crippen molar-refractivity contribution in [3.05, 3.63) is 12.2 Å². The van der Waals surface area contributed by atoms with Crippen LogP contribution in [-0.4, -0.2) is 57.3 Å². The maximum atomic E-state index is 12.5. The van der Waals surface area contributed by atoms with Crippen molar-refractivity contribution in [1.82, 2.24) is 5.32 Å². The minimum absolute atomic E-state index is 0.370. The Bertz CT molecular complexity index is 702. The van der Waals surface area contributed by atoms with Gasteiger partial charge in [-0.05, 0) is 38.5 Å². The van der Waals surface area contributed by atoms with Gasteiger partial charge in [0, 0.05) is 0 Å². The zero-order valence-electron chi connectivity index (χ0n) is 32.7. The minimum Gasteiger partial charge on any atom is -0.394 e. The molecule has 0 unspecified atom stereocenters. The van der Waals surface area contributed by atoms with E-state index in [0.717, 1.165) is 51.4 Å². The molecule has 0 aliphatic carbocycles. The molecule has 0 fully saturated rings. The number of allylic oxidation sites excluding steroid dienone is 2. The molecular formula is C43H85NO5. The second-order valence-corrected chi connectivity index (χ2v) is 15.0. The van der Waals surface area contributed by atoms with Crippen LogP contribution in [0.3, 0.4) is 0 Å². The number of aliphatic hydroxyl groups is 4. The first kappa shape index (κ1) is 48.0. The van der Waals surface area contributed by atoms with Crippen LogP contribution in [0.2, 0.25) is 0 Å². The molecule has 0 rings (SSSR count). The van der Waals surface area contributed by atoms with Crippen LogP contribution in [0, 0.1) is 0 Å². The van der Waals surface area contributed by atoms with Crippen LogP contribution in [0.4, 0.5) is 0 Å². The average molecular weight is 696 g/mol. The molecular weight excluding hydrogens is 610 g/mol. The molecule has 0 aliphatic heterocycles. The number of amides is 1. The SMILES string of the molecule is CCCCCCC/C=C/CCCCC[C@@H](O)[C@@H](O)[C@H](CO)NC(=O)[C@H](O)CCCCCCCCCCCCCCCCCCCCCCC. The van der Waals surface area contributed by atoms with E-state index in [0.29, 0.717) is 12.8 Å². The van der Waals surface area contributed by atoms with Crippen molar-refractivity contribution in [1.29, 1.82) is 0 Å². The summed E-state index contributed by atoms with van der Waals surface area (Å²) in [4.78, 5) is 12.5. The van der Waals surface area contributed by atoms with Gasteiger partial charge in [0.05, 0.1) is 18.8 Å². The standard InChI is InChI=1S/C43H85NO5/c1-3-5-7-9-11-13-15-17-18-19-20-21-22-23-24-25-27-29-31-33-35-37-41(47)43(49)44-39(38-45)42(48)40(46)36-34-32-30-28-26-16-14-12-10-8-6-4-2/h16,26,39-42,45-48H,3-15,17-25,27-38H2,1-2H3,(H,44,49)/b26-16+/t39-,40+,41+,42-/m0/s1. The van der Waals surface area contributed by atoms with Gasteiger partial charge in [-0.3, -0.25) is 4.79 Å². The molecule has 0 bridgehead atoms. The fourth-order valence-electron chi connectivity index (χ4n) is 6.75. The second-order valence-electron chi connectivity index (χ2n) is 15.0. The molecule has 0 aromatic carbocycles. The van der Waals surface area contributed by atoms with Crippen LogP contribution < -0.4 is 5.32 Å². The number of aliphatic hydroxyl groups excluding tert-OH is 4. The lowest BCUT2D eigenvalue weighted by atomic mass is 9.99. The quantitative estimate of drug-likeness (QED) is 0.0325. The zero-order valence-corrected chi connectivity index (χ0v) is 32.7. The normalized spacial score (nSPS) is 14.3. The number of carbonyl (C=O) groups excluding carboxylic acids is 1. The van der Waals surface area contributed by atoms with Gasteiger partial charge >= 0.3 is 0 Å². The van der Waals surface area contributed by atoms with E-state index >= 15 is 0 Å². The highest BCUT2D eigenvalue weighted by Gasteiger charge is 2.28. The van der Waals surface area contributed by atoms with Crippen molar-refractivity contribution >= 4 is 5.91 Å². The van der Waals surface area contributed by atoms with Crippen molar-refractivity contribution in [2.75, 3.05) is 6.61 Å². The fourth-order valence-corrected chi connectivity index (χ4v) is 6.75. The molecule has 292 valence electrons. The predicted octanol–water partition coefficient (Wildman–Crippen LogP) is 11.0. The first-order valence-electron chi connectivity index (χ1n) is 21.6. The summed E-state index contributed by atoms with van der Waals surface area (Å²) in [5.74, 6) is -0.587. The van der Waals surface area contributed by atoms with Gasteiger partial charge in [0.25, 0.3) is 0 Å². The van der Waals surface area contributed by atoms with Gasteiger partial charge in [0.2, 0.25) is 5.91 Å². The Balaban J connectivity index is 3.70. The van der Waals surface area contributed by atoms with Crippen molar-refractivity contribution in [3.63, 3.8) is 0 Å². The first-order chi connectivity index (χ1) is 24.0. The van der Waals surface area contributed by atoms with Gasteiger partial charge < -0.3 is 25.7 Å². The molecule has 0 aliphatic rings. The van der Waals surface area contributed by atoms with E-state index in [1.54, 1.807) is 0 Å². The molecule has 0 heterocycles. The Morgan fingerprint density at radius 2 is 0.816 bits per heavy atom. The lowest BCUT2D eigenvalue weighted by Crippen LogP contribution is -2.53. The average Bonchev–Trinajstić information content (AvgIpc) is 3.11. The minimum atomic E-state index is -1.27. The summed E-state index contributed by atoms with van der Waals surface area (Å²) < 4.78 is 0. The maximum absolute atomic E-state index is 12.5. The van der Waals surface area contributed by atoms with Crippen LogP contribution in [0.1, 0.15) is 226 Å². The predicted molar refractivity (Wildman–Crippen MR) is 210 cm³/mol. The van der Waals surface area contributed by atoms with Gasteiger partial charge in [0.15, 0.2) is 0 Å². The number of carbonyl (C=O) groups is 1. The van der Waals surface area contributed by atoms with Crippen LogP contribution >= 0.6 is 0 Å². The molecule has 6 nitrogen and oxygen atoms in total.